The van der Waals surface area contributed by atoms with Crippen LogP contribution in [0.4, 0.5) is 22.7 Å². The molecule has 3 heteroatoms. The summed E-state index contributed by atoms with van der Waals surface area (Å²) >= 11 is 0. The van der Waals surface area contributed by atoms with Crippen molar-refractivity contribution < 1.29 is 0 Å². The maximum atomic E-state index is 4.63. The summed E-state index contributed by atoms with van der Waals surface area (Å²) in [4.78, 5) is 7.11. The highest BCUT2D eigenvalue weighted by molar-refractivity contribution is 5.83. The third kappa shape index (κ3) is 4.37. The Labute approximate surface area is 161 Å². The molecule has 0 atom stereocenters. The number of rotatable bonds is 5. The third-order valence-corrected chi connectivity index (χ3v) is 4.96. The van der Waals surface area contributed by atoms with Crippen LogP contribution in [0.3, 0.4) is 0 Å². The van der Waals surface area contributed by atoms with Gasteiger partial charge in [-0.1, -0.05) is 24.3 Å². The predicted molar refractivity (Wildman–Crippen MR) is 116 cm³/mol. The molecule has 0 radical (unpaired) electrons. The Morgan fingerprint density at radius 1 is 0.852 bits per heavy atom. The van der Waals surface area contributed by atoms with Crippen LogP contribution in [0.15, 0.2) is 77.8 Å². The SMILES string of the molecule is Cc1cc(C=Nc2ccc(Nc3ccccc3)cc2)ccc1N1CCCC1. The molecule has 27 heavy (non-hydrogen) atoms. The molecule has 0 bridgehead atoms. The van der Waals surface area contributed by atoms with Crippen molar-refractivity contribution in [2.75, 3.05) is 23.3 Å². The molecule has 136 valence electrons. The number of anilines is 3. The number of nitrogens with zero attached hydrogens (tertiary/aromatic N) is 2. The second-order valence-corrected chi connectivity index (χ2v) is 7.04. The maximum absolute atomic E-state index is 4.63. The van der Waals surface area contributed by atoms with Gasteiger partial charge in [0.1, 0.15) is 0 Å². The largest absolute Gasteiger partial charge is 0.371 e. The fraction of sp³-hybridized carbons (Fsp3) is 0.208. The van der Waals surface area contributed by atoms with Gasteiger partial charge in [-0.3, -0.25) is 4.99 Å². The van der Waals surface area contributed by atoms with Crippen molar-refractivity contribution in [3.8, 4) is 0 Å². The summed E-state index contributed by atoms with van der Waals surface area (Å²) in [5.41, 5.74) is 6.93. The molecular weight excluding hydrogens is 330 g/mol. The van der Waals surface area contributed by atoms with Gasteiger partial charge in [0.05, 0.1) is 5.69 Å². The molecule has 0 amide bonds. The van der Waals surface area contributed by atoms with E-state index in [1.165, 1.54) is 37.2 Å². The van der Waals surface area contributed by atoms with Crippen LogP contribution in [-0.2, 0) is 0 Å². The van der Waals surface area contributed by atoms with Gasteiger partial charge >= 0.3 is 0 Å². The van der Waals surface area contributed by atoms with Crippen molar-refractivity contribution in [2.24, 2.45) is 4.99 Å². The zero-order chi connectivity index (χ0) is 18.5. The van der Waals surface area contributed by atoms with Gasteiger partial charge in [0.25, 0.3) is 0 Å². The average molecular weight is 355 g/mol. The van der Waals surface area contributed by atoms with Crippen LogP contribution >= 0.6 is 0 Å². The molecule has 3 aromatic carbocycles. The van der Waals surface area contributed by atoms with E-state index in [0.29, 0.717) is 0 Å². The molecule has 3 aromatic rings. The highest BCUT2D eigenvalue weighted by atomic mass is 15.1. The third-order valence-electron chi connectivity index (χ3n) is 4.96. The van der Waals surface area contributed by atoms with Crippen LogP contribution in [-0.4, -0.2) is 19.3 Å². The van der Waals surface area contributed by atoms with Crippen LogP contribution in [0.5, 0.6) is 0 Å². The number of benzene rings is 3. The molecule has 0 spiro atoms. The fourth-order valence-corrected chi connectivity index (χ4v) is 3.54. The summed E-state index contributed by atoms with van der Waals surface area (Å²) < 4.78 is 0. The Morgan fingerprint density at radius 2 is 1.56 bits per heavy atom. The first-order chi connectivity index (χ1) is 13.3. The molecule has 1 fully saturated rings. The first-order valence-corrected chi connectivity index (χ1v) is 9.60. The Morgan fingerprint density at radius 3 is 2.26 bits per heavy atom. The fourth-order valence-electron chi connectivity index (χ4n) is 3.54. The quantitative estimate of drug-likeness (QED) is 0.561. The normalized spacial score (nSPS) is 14.0. The zero-order valence-electron chi connectivity index (χ0n) is 15.7. The zero-order valence-corrected chi connectivity index (χ0v) is 15.7. The lowest BCUT2D eigenvalue weighted by molar-refractivity contribution is 0.949. The van der Waals surface area contributed by atoms with E-state index < -0.39 is 0 Å². The minimum atomic E-state index is 0.954. The van der Waals surface area contributed by atoms with Gasteiger partial charge in [0.15, 0.2) is 0 Å². The highest BCUT2D eigenvalue weighted by Gasteiger charge is 2.13. The molecule has 0 unspecified atom stereocenters. The average Bonchev–Trinajstić information content (AvgIpc) is 3.23. The van der Waals surface area contributed by atoms with E-state index in [0.717, 1.165) is 22.6 Å². The molecule has 0 aliphatic carbocycles. The first-order valence-electron chi connectivity index (χ1n) is 9.60. The molecule has 1 heterocycles. The number of hydrogen-bond donors (Lipinski definition) is 1. The minimum absolute atomic E-state index is 0.954. The maximum Gasteiger partial charge on any atom is 0.0631 e. The summed E-state index contributed by atoms with van der Waals surface area (Å²) in [7, 11) is 0. The van der Waals surface area contributed by atoms with Crippen LogP contribution in [0.1, 0.15) is 24.0 Å². The molecule has 4 rings (SSSR count). The molecule has 1 aliphatic rings. The lowest BCUT2D eigenvalue weighted by atomic mass is 10.1. The van der Waals surface area contributed by atoms with Crippen molar-refractivity contribution >= 4 is 29.0 Å². The van der Waals surface area contributed by atoms with Crippen LogP contribution < -0.4 is 10.2 Å². The second-order valence-electron chi connectivity index (χ2n) is 7.04. The van der Waals surface area contributed by atoms with Gasteiger partial charge in [-0.05, 0) is 79.4 Å². The number of para-hydroxylation sites is 1. The van der Waals surface area contributed by atoms with Crippen molar-refractivity contribution in [2.45, 2.75) is 19.8 Å². The van der Waals surface area contributed by atoms with Crippen molar-refractivity contribution in [3.05, 3.63) is 83.9 Å². The molecular formula is C24H25N3. The minimum Gasteiger partial charge on any atom is -0.371 e. The molecule has 0 saturated carbocycles. The van der Waals surface area contributed by atoms with E-state index in [-0.39, 0.29) is 0 Å². The standard InChI is InChI=1S/C24H25N3/c1-19-17-20(9-14-24(19)27-15-5-6-16-27)18-25-21-10-12-23(13-11-21)26-22-7-3-2-4-8-22/h2-4,7-14,17-18,26H,5-6,15-16H2,1H3. The number of nitrogens with one attached hydrogen (secondary N) is 1. The number of aryl methyl sites for hydroxylation is 1. The Hall–Kier alpha value is -3.07. The van der Waals surface area contributed by atoms with E-state index >= 15 is 0 Å². The summed E-state index contributed by atoms with van der Waals surface area (Å²) in [5.74, 6) is 0. The lowest BCUT2D eigenvalue weighted by Gasteiger charge is -2.20. The molecule has 1 N–H and O–H groups in total. The van der Waals surface area contributed by atoms with Crippen LogP contribution in [0, 0.1) is 6.92 Å². The van der Waals surface area contributed by atoms with Gasteiger partial charge < -0.3 is 10.2 Å². The molecule has 1 saturated heterocycles. The van der Waals surface area contributed by atoms with Gasteiger partial charge in [-0.15, -0.1) is 0 Å². The Bertz CT molecular complexity index is 908. The smallest absolute Gasteiger partial charge is 0.0631 e. The summed E-state index contributed by atoms with van der Waals surface area (Å²) in [6.45, 7) is 4.55. The van der Waals surface area contributed by atoms with Gasteiger partial charge in [0.2, 0.25) is 0 Å². The summed E-state index contributed by atoms with van der Waals surface area (Å²) in [5, 5.41) is 3.39. The van der Waals surface area contributed by atoms with Crippen molar-refractivity contribution in [3.63, 3.8) is 0 Å². The summed E-state index contributed by atoms with van der Waals surface area (Å²) in [6.07, 6.45) is 4.55. The first kappa shape index (κ1) is 17.3. The van der Waals surface area contributed by atoms with Crippen LogP contribution in [0.2, 0.25) is 0 Å². The second kappa shape index (κ2) is 8.09. The summed E-state index contributed by atoms with van der Waals surface area (Å²) in [6, 6.07) is 25.0. The van der Waals surface area contributed by atoms with E-state index in [1.54, 1.807) is 0 Å². The number of aliphatic imine (C=N–C) groups is 1. The Kier molecular flexibility index (Phi) is 5.20. The Balaban J connectivity index is 1.42. The van der Waals surface area contributed by atoms with E-state index in [1.807, 2.05) is 36.5 Å². The molecule has 0 aromatic heterocycles. The van der Waals surface area contributed by atoms with Gasteiger partial charge in [-0.2, -0.15) is 0 Å². The van der Waals surface area contributed by atoms with Crippen molar-refractivity contribution in [1.29, 1.82) is 0 Å². The van der Waals surface area contributed by atoms with E-state index in [2.05, 4.69) is 64.6 Å². The van der Waals surface area contributed by atoms with E-state index in [4.69, 9.17) is 0 Å². The predicted octanol–water partition coefficient (Wildman–Crippen LogP) is 6.09. The topological polar surface area (TPSA) is 27.6 Å². The van der Waals surface area contributed by atoms with Crippen molar-refractivity contribution in [1.82, 2.24) is 0 Å². The van der Waals surface area contributed by atoms with E-state index in [9.17, 15) is 0 Å². The van der Waals surface area contributed by atoms with Gasteiger partial charge in [-0.25, -0.2) is 0 Å². The number of hydrogen-bond acceptors (Lipinski definition) is 3. The highest BCUT2D eigenvalue weighted by Crippen LogP contribution is 2.25. The van der Waals surface area contributed by atoms with Gasteiger partial charge in [0, 0.05) is 36.4 Å². The lowest BCUT2D eigenvalue weighted by Crippen LogP contribution is -2.18. The van der Waals surface area contributed by atoms with Crippen LogP contribution in [0.25, 0.3) is 0 Å². The monoisotopic (exact) mass is 355 g/mol. The molecule has 3 nitrogen and oxygen atoms in total. The molecule has 1 aliphatic heterocycles.